The molecule has 1 fully saturated rings. The van der Waals surface area contributed by atoms with Gasteiger partial charge in [-0.15, -0.1) is 11.3 Å². The van der Waals surface area contributed by atoms with E-state index in [-0.39, 0.29) is 30.7 Å². The normalized spacial score (nSPS) is 15.8. The highest BCUT2D eigenvalue weighted by atomic mass is 35.5. The summed E-state index contributed by atoms with van der Waals surface area (Å²) in [6.45, 7) is 1.28. The summed E-state index contributed by atoms with van der Waals surface area (Å²) in [6, 6.07) is 5.18. The van der Waals surface area contributed by atoms with Crippen molar-refractivity contribution < 1.29 is 14.5 Å². The molecule has 1 aliphatic rings. The van der Waals surface area contributed by atoms with E-state index in [1.807, 2.05) is 5.38 Å². The molecule has 9 nitrogen and oxygen atoms in total. The van der Waals surface area contributed by atoms with Gasteiger partial charge in [-0.2, -0.15) is 5.10 Å². The molecule has 1 unspecified atom stereocenters. The Hall–Kier alpha value is -2.53. The van der Waals surface area contributed by atoms with Crippen LogP contribution in [-0.2, 0) is 16.1 Å². The van der Waals surface area contributed by atoms with E-state index in [1.165, 1.54) is 22.2 Å². The summed E-state index contributed by atoms with van der Waals surface area (Å²) in [5, 5.41) is 18.2. The largest absolute Gasteiger partial charge is 0.376 e. The molecule has 4 rings (SSSR count). The first-order chi connectivity index (χ1) is 15.4. The van der Waals surface area contributed by atoms with Crippen LogP contribution in [-0.4, -0.2) is 44.9 Å². The Balaban J connectivity index is 1.52. The molecule has 1 aromatic carbocycles. The fourth-order valence-electron chi connectivity index (χ4n) is 3.40. The van der Waals surface area contributed by atoms with Crippen molar-refractivity contribution >= 4 is 51.3 Å². The van der Waals surface area contributed by atoms with Gasteiger partial charge >= 0.3 is 5.69 Å². The van der Waals surface area contributed by atoms with Gasteiger partial charge in [0.2, 0.25) is 5.91 Å². The van der Waals surface area contributed by atoms with Crippen LogP contribution in [0.1, 0.15) is 19.3 Å². The third kappa shape index (κ3) is 5.26. The van der Waals surface area contributed by atoms with Crippen LogP contribution < -0.4 is 4.90 Å². The first-order valence-corrected chi connectivity index (χ1v) is 11.5. The maximum atomic E-state index is 13.1. The number of amides is 1. The Kier molecular flexibility index (Phi) is 7.04. The quantitative estimate of drug-likeness (QED) is 0.327. The average Bonchev–Trinajstić information content (AvgIpc) is 3.52. The molecular weight excluding hydrogens is 477 g/mol. The maximum Gasteiger partial charge on any atom is 0.306 e. The van der Waals surface area contributed by atoms with Crippen LogP contribution >= 0.6 is 34.5 Å². The minimum absolute atomic E-state index is 0.0591. The van der Waals surface area contributed by atoms with E-state index >= 15 is 0 Å². The van der Waals surface area contributed by atoms with Crippen molar-refractivity contribution in [1.29, 1.82) is 0 Å². The summed E-state index contributed by atoms with van der Waals surface area (Å²) < 4.78 is 7.12. The molecule has 1 amide bonds. The van der Waals surface area contributed by atoms with Gasteiger partial charge < -0.3 is 4.74 Å². The van der Waals surface area contributed by atoms with Crippen LogP contribution in [0.2, 0.25) is 10.0 Å². The van der Waals surface area contributed by atoms with E-state index in [0.717, 1.165) is 24.6 Å². The van der Waals surface area contributed by atoms with Crippen molar-refractivity contribution in [3.05, 3.63) is 56.1 Å². The van der Waals surface area contributed by atoms with E-state index in [2.05, 4.69) is 10.1 Å². The van der Waals surface area contributed by atoms with Gasteiger partial charge in [0.1, 0.15) is 12.4 Å². The zero-order chi connectivity index (χ0) is 22.7. The minimum atomic E-state index is -0.520. The lowest BCUT2D eigenvalue weighted by molar-refractivity contribution is -0.385. The SMILES string of the molecule is O=C(CCn1cc([N+](=O)[O-])cn1)N(CC1CCCO1)c1nc(-c2ccc(Cl)cc2Cl)cs1. The summed E-state index contributed by atoms with van der Waals surface area (Å²) in [6.07, 6.45) is 4.35. The van der Waals surface area contributed by atoms with Crippen molar-refractivity contribution in [3.63, 3.8) is 0 Å². The molecule has 0 spiro atoms. The van der Waals surface area contributed by atoms with E-state index < -0.39 is 4.92 Å². The molecular formula is C20H19Cl2N5O4S. The summed E-state index contributed by atoms with van der Waals surface area (Å²) in [5.41, 5.74) is 1.27. The number of thiazole rings is 1. The van der Waals surface area contributed by atoms with Gasteiger partial charge in [0, 0.05) is 35.5 Å². The van der Waals surface area contributed by atoms with Gasteiger partial charge in [-0.1, -0.05) is 23.2 Å². The van der Waals surface area contributed by atoms with Gasteiger partial charge in [-0.05, 0) is 31.0 Å². The number of nitrogens with zero attached hydrogens (tertiary/aromatic N) is 5. The predicted octanol–water partition coefficient (Wildman–Crippen LogP) is 4.82. The average molecular weight is 496 g/mol. The molecule has 1 aliphatic heterocycles. The maximum absolute atomic E-state index is 13.1. The standard InChI is InChI=1S/C20H19Cl2N5O4S/c21-13-3-4-16(17(22)8-13)18-12-32-20(24-18)26(11-15-2-1-7-31-15)19(28)5-6-25-10-14(9-23-25)27(29)30/h3-4,8-10,12,15H,1-2,5-7,11H2. The van der Waals surface area contributed by atoms with Crippen molar-refractivity contribution in [2.24, 2.45) is 0 Å². The second-order valence-corrected chi connectivity index (χ2v) is 8.93. The highest BCUT2D eigenvalue weighted by Gasteiger charge is 2.26. The zero-order valence-corrected chi connectivity index (χ0v) is 19.1. The third-order valence-corrected chi connectivity index (χ3v) is 6.44. The molecule has 2 aromatic heterocycles. The summed E-state index contributed by atoms with van der Waals surface area (Å²) in [7, 11) is 0. The monoisotopic (exact) mass is 495 g/mol. The van der Waals surface area contributed by atoms with Crippen molar-refractivity contribution in [3.8, 4) is 11.3 Å². The summed E-state index contributed by atoms with van der Waals surface area (Å²) >= 11 is 13.6. The van der Waals surface area contributed by atoms with Gasteiger partial charge in [0.05, 0.1) is 28.3 Å². The highest BCUT2D eigenvalue weighted by molar-refractivity contribution is 7.14. The van der Waals surface area contributed by atoms with Crippen molar-refractivity contribution in [1.82, 2.24) is 14.8 Å². The number of carbonyl (C=O) groups excluding carboxylic acids is 1. The van der Waals surface area contributed by atoms with Crippen LogP contribution in [0.25, 0.3) is 11.3 Å². The summed E-state index contributed by atoms with van der Waals surface area (Å²) in [4.78, 5) is 29.7. The molecule has 32 heavy (non-hydrogen) atoms. The van der Waals surface area contributed by atoms with E-state index in [1.54, 1.807) is 23.1 Å². The lowest BCUT2D eigenvalue weighted by atomic mass is 10.2. The minimum Gasteiger partial charge on any atom is -0.376 e. The first kappa shape index (κ1) is 22.7. The molecule has 0 radical (unpaired) electrons. The summed E-state index contributed by atoms with van der Waals surface area (Å²) in [5.74, 6) is -0.165. The molecule has 0 bridgehead atoms. The Morgan fingerprint density at radius 3 is 2.94 bits per heavy atom. The van der Waals surface area contributed by atoms with Crippen LogP contribution in [0.15, 0.2) is 36.0 Å². The second kappa shape index (κ2) is 9.95. The molecule has 0 saturated carbocycles. The second-order valence-electron chi connectivity index (χ2n) is 7.25. The number of anilines is 1. The van der Waals surface area contributed by atoms with E-state index in [0.29, 0.717) is 34.0 Å². The number of halogens is 2. The molecule has 168 valence electrons. The molecule has 1 atom stereocenters. The fraction of sp³-hybridized carbons (Fsp3) is 0.350. The van der Waals surface area contributed by atoms with Gasteiger partial charge in [0.15, 0.2) is 5.13 Å². The Morgan fingerprint density at radius 1 is 1.41 bits per heavy atom. The Bertz CT molecular complexity index is 1130. The number of nitro groups is 1. The lowest BCUT2D eigenvalue weighted by Crippen LogP contribution is -2.37. The fourth-order valence-corrected chi connectivity index (χ4v) is 4.76. The number of aryl methyl sites for hydroxylation is 1. The number of ether oxygens (including phenoxy) is 1. The Morgan fingerprint density at radius 2 is 2.25 bits per heavy atom. The van der Waals surface area contributed by atoms with Crippen molar-refractivity contribution in [2.45, 2.75) is 31.9 Å². The first-order valence-electron chi connectivity index (χ1n) is 9.90. The number of hydrogen-bond acceptors (Lipinski definition) is 7. The van der Waals surface area contributed by atoms with Crippen LogP contribution in [0.3, 0.4) is 0 Å². The molecule has 0 aliphatic carbocycles. The van der Waals surface area contributed by atoms with Crippen LogP contribution in [0.5, 0.6) is 0 Å². The number of benzene rings is 1. The smallest absolute Gasteiger partial charge is 0.306 e. The number of aromatic nitrogens is 3. The van der Waals surface area contributed by atoms with Gasteiger partial charge in [0.25, 0.3) is 0 Å². The van der Waals surface area contributed by atoms with Gasteiger partial charge in [-0.3, -0.25) is 24.5 Å². The number of hydrogen-bond donors (Lipinski definition) is 0. The van der Waals surface area contributed by atoms with Crippen LogP contribution in [0.4, 0.5) is 10.8 Å². The van der Waals surface area contributed by atoms with E-state index in [4.69, 9.17) is 27.9 Å². The molecule has 1 saturated heterocycles. The Labute approximate surface area is 197 Å². The van der Waals surface area contributed by atoms with Gasteiger partial charge in [-0.25, -0.2) is 4.98 Å². The van der Waals surface area contributed by atoms with E-state index in [9.17, 15) is 14.9 Å². The zero-order valence-electron chi connectivity index (χ0n) is 16.8. The topological polar surface area (TPSA) is 103 Å². The lowest BCUT2D eigenvalue weighted by Gasteiger charge is -2.23. The van der Waals surface area contributed by atoms with Crippen molar-refractivity contribution in [2.75, 3.05) is 18.1 Å². The molecule has 3 heterocycles. The van der Waals surface area contributed by atoms with Crippen LogP contribution in [0, 0.1) is 10.1 Å². The highest BCUT2D eigenvalue weighted by Crippen LogP contribution is 2.34. The number of rotatable bonds is 8. The third-order valence-electron chi connectivity index (χ3n) is 5.03. The predicted molar refractivity (Wildman–Crippen MR) is 122 cm³/mol. The molecule has 12 heteroatoms. The molecule has 3 aromatic rings. The molecule has 0 N–H and O–H groups in total. The number of carbonyl (C=O) groups is 1.